The highest BCUT2D eigenvalue weighted by Crippen LogP contribution is 2.58. The minimum atomic E-state index is -0.436. The van der Waals surface area contributed by atoms with Crippen molar-refractivity contribution in [2.45, 2.75) is 18.8 Å². The number of rotatable bonds is 9. The van der Waals surface area contributed by atoms with Crippen LogP contribution in [-0.4, -0.2) is 24.7 Å². The molecule has 186 valence electrons. The second-order valence-electron chi connectivity index (χ2n) is 8.70. The first kappa shape index (κ1) is 24.5. The van der Waals surface area contributed by atoms with Gasteiger partial charge in [0.05, 0.1) is 18.7 Å². The van der Waals surface area contributed by atoms with Crippen LogP contribution in [0, 0.1) is 5.92 Å². The molecule has 1 N–H and O–H groups in total. The van der Waals surface area contributed by atoms with Gasteiger partial charge in [-0.1, -0.05) is 66.7 Å². The molecule has 5 rings (SSSR count). The molecular formula is C30H26N2O4S. The largest absolute Gasteiger partial charge is 0.490 e. The predicted molar refractivity (Wildman–Crippen MR) is 144 cm³/mol. The SMILES string of the molecule is CCOc1cc(/C=N/NC(=O)C2CC2(c2ccccc2)c2ccccc2)ccc1OC(=O)c1cccs1. The van der Waals surface area contributed by atoms with Crippen LogP contribution in [0.1, 0.15) is 39.7 Å². The summed E-state index contributed by atoms with van der Waals surface area (Å²) >= 11 is 1.31. The van der Waals surface area contributed by atoms with Crippen molar-refractivity contribution in [3.8, 4) is 11.5 Å². The highest BCUT2D eigenvalue weighted by Gasteiger charge is 2.60. The maximum absolute atomic E-state index is 13.1. The number of ether oxygens (including phenoxy) is 2. The molecule has 1 heterocycles. The third kappa shape index (κ3) is 5.17. The number of hydrogen-bond donors (Lipinski definition) is 1. The summed E-state index contributed by atoms with van der Waals surface area (Å²) in [6.45, 7) is 2.26. The Kier molecular flexibility index (Phi) is 7.14. The third-order valence-electron chi connectivity index (χ3n) is 6.44. The van der Waals surface area contributed by atoms with Crippen molar-refractivity contribution in [1.82, 2.24) is 5.43 Å². The predicted octanol–water partition coefficient (Wildman–Crippen LogP) is 5.82. The fraction of sp³-hybridized carbons (Fsp3) is 0.167. The number of esters is 1. The maximum atomic E-state index is 13.1. The lowest BCUT2D eigenvalue weighted by molar-refractivity contribution is -0.122. The van der Waals surface area contributed by atoms with Gasteiger partial charge in [0.15, 0.2) is 11.5 Å². The van der Waals surface area contributed by atoms with Gasteiger partial charge < -0.3 is 9.47 Å². The van der Waals surface area contributed by atoms with Crippen LogP contribution in [0.4, 0.5) is 0 Å². The lowest BCUT2D eigenvalue weighted by Gasteiger charge is -2.18. The van der Waals surface area contributed by atoms with Gasteiger partial charge in [-0.3, -0.25) is 4.79 Å². The average Bonchev–Trinajstić information content (AvgIpc) is 3.46. The van der Waals surface area contributed by atoms with Crippen molar-refractivity contribution in [2.75, 3.05) is 6.61 Å². The molecule has 0 aliphatic heterocycles. The van der Waals surface area contributed by atoms with Crippen molar-refractivity contribution in [1.29, 1.82) is 0 Å². The molecule has 1 fully saturated rings. The molecule has 1 saturated carbocycles. The highest BCUT2D eigenvalue weighted by molar-refractivity contribution is 7.12. The van der Waals surface area contributed by atoms with E-state index in [1.165, 1.54) is 11.3 Å². The number of hydrogen-bond acceptors (Lipinski definition) is 6. The van der Waals surface area contributed by atoms with Gasteiger partial charge in [-0.05, 0) is 59.7 Å². The highest BCUT2D eigenvalue weighted by atomic mass is 32.1. The smallest absolute Gasteiger partial charge is 0.353 e. The number of benzene rings is 3. The number of hydrazone groups is 1. The Labute approximate surface area is 219 Å². The first-order valence-electron chi connectivity index (χ1n) is 12.1. The van der Waals surface area contributed by atoms with Crippen LogP contribution in [0.5, 0.6) is 11.5 Å². The molecule has 0 spiro atoms. The van der Waals surface area contributed by atoms with Gasteiger partial charge in [-0.25, -0.2) is 10.2 Å². The molecular weight excluding hydrogens is 484 g/mol. The summed E-state index contributed by atoms with van der Waals surface area (Å²) in [7, 11) is 0. The summed E-state index contributed by atoms with van der Waals surface area (Å²) in [5.41, 5.74) is 5.31. The van der Waals surface area contributed by atoms with Gasteiger partial charge in [0.1, 0.15) is 4.88 Å². The van der Waals surface area contributed by atoms with Crippen molar-refractivity contribution in [2.24, 2.45) is 11.0 Å². The summed E-state index contributed by atoms with van der Waals surface area (Å²) < 4.78 is 11.2. The Morgan fingerprint density at radius 1 is 0.973 bits per heavy atom. The van der Waals surface area contributed by atoms with Gasteiger partial charge in [0.2, 0.25) is 5.91 Å². The first-order valence-corrected chi connectivity index (χ1v) is 13.0. The zero-order valence-electron chi connectivity index (χ0n) is 20.3. The van der Waals surface area contributed by atoms with Gasteiger partial charge >= 0.3 is 5.97 Å². The van der Waals surface area contributed by atoms with E-state index in [4.69, 9.17) is 9.47 Å². The average molecular weight is 511 g/mol. The van der Waals surface area contributed by atoms with Crippen molar-refractivity contribution < 1.29 is 19.1 Å². The van der Waals surface area contributed by atoms with E-state index in [0.29, 0.717) is 28.5 Å². The van der Waals surface area contributed by atoms with Crippen LogP contribution in [0.25, 0.3) is 0 Å². The van der Waals surface area contributed by atoms with Gasteiger partial charge in [-0.15, -0.1) is 11.3 Å². The molecule has 1 aliphatic carbocycles. The second kappa shape index (κ2) is 10.8. The van der Waals surface area contributed by atoms with Crippen LogP contribution in [-0.2, 0) is 10.2 Å². The van der Waals surface area contributed by atoms with Crippen LogP contribution in [0.15, 0.2) is 101 Å². The molecule has 0 radical (unpaired) electrons. The monoisotopic (exact) mass is 510 g/mol. The molecule has 3 aromatic carbocycles. The van der Waals surface area contributed by atoms with Crippen LogP contribution in [0.2, 0.25) is 0 Å². The number of thiophene rings is 1. The zero-order valence-corrected chi connectivity index (χ0v) is 21.1. The topological polar surface area (TPSA) is 77.0 Å². The molecule has 1 amide bonds. The van der Waals surface area contributed by atoms with E-state index >= 15 is 0 Å². The molecule has 0 bridgehead atoms. The summed E-state index contributed by atoms with van der Waals surface area (Å²) in [6.07, 6.45) is 2.28. The Hall–Kier alpha value is -4.23. The zero-order chi connectivity index (χ0) is 25.7. The Bertz CT molecular complexity index is 1360. The fourth-order valence-corrected chi connectivity index (χ4v) is 5.20. The maximum Gasteiger partial charge on any atom is 0.353 e. The number of nitrogens with zero attached hydrogens (tertiary/aromatic N) is 1. The van der Waals surface area contributed by atoms with Gasteiger partial charge in [0, 0.05) is 5.41 Å². The number of carbonyl (C=O) groups excluding carboxylic acids is 2. The van der Waals surface area contributed by atoms with Gasteiger partial charge in [-0.2, -0.15) is 5.10 Å². The Balaban J connectivity index is 1.28. The quantitative estimate of drug-likeness (QED) is 0.133. The van der Waals surface area contributed by atoms with Crippen LogP contribution in [0.3, 0.4) is 0 Å². The van der Waals surface area contributed by atoms with E-state index in [2.05, 4.69) is 34.8 Å². The molecule has 37 heavy (non-hydrogen) atoms. The Morgan fingerprint density at radius 3 is 2.30 bits per heavy atom. The lowest BCUT2D eigenvalue weighted by atomic mass is 9.85. The van der Waals surface area contributed by atoms with E-state index in [1.54, 1.807) is 36.5 Å². The summed E-state index contributed by atoms with van der Waals surface area (Å²) in [5, 5.41) is 6.02. The van der Waals surface area contributed by atoms with E-state index in [-0.39, 0.29) is 17.2 Å². The first-order chi connectivity index (χ1) is 18.1. The summed E-state index contributed by atoms with van der Waals surface area (Å²) in [6, 6.07) is 28.9. The summed E-state index contributed by atoms with van der Waals surface area (Å²) in [5.74, 6) is -0.0238. The van der Waals surface area contributed by atoms with E-state index in [1.807, 2.05) is 48.7 Å². The molecule has 1 atom stereocenters. The van der Waals surface area contributed by atoms with E-state index < -0.39 is 5.97 Å². The Morgan fingerprint density at radius 2 is 1.68 bits per heavy atom. The van der Waals surface area contributed by atoms with E-state index in [0.717, 1.165) is 17.5 Å². The molecule has 6 nitrogen and oxygen atoms in total. The third-order valence-corrected chi connectivity index (χ3v) is 7.29. The molecule has 1 unspecified atom stereocenters. The van der Waals surface area contributed by atoms with E-state index in [9.17, 15) is 9.59 Å². The normalized spacial score (nSPS) is 15.8. The number of amides is 1. The molecule has 0 saturated heterocycles. The standard InChI is InChI=1S/C30H26N2O4S/c1-2-35-26-18-21(15-16-25(26)36-29(34)27-14-9-17-37-27)20-31-32-28(33)24-19-30(24,22-10-5-3-6-11-22)23-12-7-4-8-13-23/h3-18,20,24H,2,19H2,1H3,(H,32,33)/b31-20+. The lowest BCUT2D eigenvalue weighted by Crippen LogP contribution is -2.25. The van der Waals surface area contributed by atoms with Gasteiger partial charge in [0.25, 0.3) is 0 Å². The fourth-order valence-electron chi connectivity index (χ4n) is 4.61. The number of nitrogens with one attached hydrogen (secondary N) is 1. The minimum Gasteiger partial charge on any atom is -0.490 e. The van der Waals surface area contributed by atoms with Crippen molar-refractivity contribution in [3.05, 3.63) is 118 Å². The van der Waals surface area contributed by atoms with Crippen molar-refractivity contribution in [3.63, 3.8) is 0 Å². The summed E-state index contributed by atoms with van der Waals surface area (Å²) in [4.78, 5) is 26.0. The molecule has 4 aromatic rings. The minimum absolute atomic E-state index is 0.129. The van der Waals surface area contributed by atoms with Crippen LogP contribution >= 0.6 is 11.3 Å². The second-order valence-corrected chi connectivity index (χ2v) is 9.65. The number of carbonyl (C=O) groups is 2. The molecule has 7 heteroatoms. The van der Waals surface area contributed by atoms with Crippen LogP contribution < -0.4 is 14.9 Å². The molecule has 1 aromatic heterocycles. The van der Waals surface area contributed by atoms with Crippen molar-refractivity contribution >= 4 is 29.4 Å². The molecule has 1 aliphatic rings.